The summed E-state index contributed by atoms with van der Waals surface area (Å²) in [4.78, 5) is 0. The first-order valence-electron chi connectivity index (χ1n) is 33.7. The number of fused-ring (bicyclic) bond motifs is 8. The maximum Gasteiger partial charge on any atom is 0.123 e. The predicted molar refractivity (Wildman–Crippen MR) is 338 cm³/mol. The van der Waals surface area contributed by atoms with E-state index in [1.54, 1.807) is 0 Å². The van der Waals surface area contributed by atoms with Crippen molar-refractivity contribution >= 4 is 0 Å². The average Bonchev–Trinajstić information content (AvgIpc) is 3.58. The molecule has 0 amide bonds. The molecule has 0 fully saturated rings. The van der Waals surface area contributed by atoms with E-state index >= 15 is 0 Å². The molecule has 4 aromatic rings. The van der Waals surface area contributed by atoms with Gasteiger partial charge in [0.1, 0.15) is 46.0 Å². The summed E-state index contributed by atoms with van der Waals surface area (Å²) < 4.78 is 0. The second kappa shape index (κ2) is 38.2. The predicted octanol–water partition coefficient (Wildman–Crippen LogP) is 22.2. The minimum Gasteiger partial charge on any atom is -0.508 e. The SMILES string of the molecule is CCCCCCCCCCCCC1c2cc(c(O)cc2O)C(CCCCCCCCCCC)c2cc(c(O)cc2O)C(CCCCCCCCCCC)c2cc(c(O)cc2O)C(CCCCCCCCCCC)c2cc1c(O)cc2O. The molecule has 454 valence electrons. The first kappa shape index (κ1) is 67.1. The molecule has 8 bridgehead atoms. The molecule has 0 spiro atoms. The van der Waals surface area contributed by atoms with E-state index in [2.05, 4.69) is 27.7 Å². The lowest BCUT2D eigenvalue weighted by Gasteiger charge is -2.29. The number of hydrogen-bond donors (Lipinski definition) is 8. The lowest BCUT2D eigenvalue weighted by Crippen LogP contribution is -2.11. The van der Waals surface area contributed by atoms with Gasteiger partial charge in [0.15, 0.2) is 0 Å². The lowest BCUT2D eigenvalue weighted by molar-refractivity contribution is 0.418. The Morgan fingerprint density at radius 3 is 0.444 bits per heavy atom. The Hall–Kier alpha value is -4.72. The summed E-state index contributed by atoms with van der Waals surface area (Å²) in [5, 5.41) is 97.2. The second-order valence-electron chi connectivity index (χ2n) is 24.9. The van der Waals surface area contributed by atoms with Gasteiger partial charge in [0, 0.05) is 92.4 Å². The Kier molecular flexibility index (Phi) is 31.6. The maximum absolute atomic E-state index is 12.2. The molecule has 8 N–H and O–H groups in total. The standard InChI is InChI=1S/C73H114O8/c1-5-9-13-17-21-25-29-33-37-41-45-57-64-48-62(70(78)52-72(64)80)55(43-39-35-31-27-23-19-15-11-7-3)60-46-58(66(74)50-68(60)76)54(42-38-34-30-26-22-18-14-10-6-2)59-47-61(69(77)51-67(59)75)56(63-49-65(57)73(81)53-71(63)79)44-40-36-32-28-24-20-16-12-8-4/h46-57,74-81H,5-45H2,1-4H3. The first-order chi connectivity index (χ1) is 39.4. The van der Waals surface area contributed by atoms with Crippen molar-refractivity contribution in [2.24, 2.45) is 0 Å². The molecular formula is C73H114O8. The molecule has 0 saturated heterocycles. The summed E-state index contributed by atoms with van der Waals surface area (Å²) in [5.41, 5.74) is 4.45. The molecule has 4 aromatic carbocycles. The fourth-order valence-corrected chi connectivity index (χ4v) is 13.4. The van der Waals surface area contributed by atoms with E-state index in [0.717, 1.165) is 103 Å². The lowest BCUT2D eigenvalue weighted by atomic mass is 9.76. The fourth-order valence-electron chi connectivity index (χ4n) is 13.4. The number of phenolic OH excluding ortho intramolecular Hbond substituents is 8. The van der Waals surface area contributed by atoms with E-state index in [4.69, 9.17) is 0 Å². The Morgan fingerprint density at radius 1 is 0.185 bits per heavy atom. The van der Waals surface area contributed by atoms with E-state index in [9.17, 15) is 40.9 Å². The van der Waals surface area contributed by atoms with Gasteiger partial charge in [0.2, 0.25) is 0 Å². The van der Waals surface area contributed by atoms with Crippen molar-refractivity contribution < 1.29 is 40.9 Å². The Bertz CT molecular complexity index is 2230. The number of hydrogen-bond acceptors (Lipinski definition) is 8. The van der Waals surface area contributed by atoms with Crippen molar-refractivity contribution in [3.05, 3.63) is 93.0 Å². The fraction of sp³-hybridized carbons (Fsp3) is 0.671. The van der Waals surface area contributed by atoms with Crippen LogP contribution >= 0.6 is 0 Å². The largest absolute Gasteiger partial charge is 0.508 e. The van der Waals surface area contributed by atoms with Crippen molar-refractivity contribution in [2.75, 3.05) is 0 Å². The zero-order chi connectivity index (χ0) is 58.2. The monoisotopic (exact) mass is 1120 g/mol. The van der Waals surface area contributed by atoms with Crippen LogP contribution in [0.5, 0.6) is 46.0 Å². The van der Waals surface area contributed by atoms with Crippen LogP contribution in [0.2, 0.25) is 0 Å². The summed E-state index contributed by atoms with van der Waals surface area (Å²) in [7, 11) is 0. The van der Waals surface area contributed by atoms with Gasteiger partial charge in [-0.2, -0.15) is 0 Å². The van der Waals surface area contributed by atoms with E-state index in [1.165, 1.54) is 159 Å². The molecule has 2 atom stereocenters. The zero-order valence-electron chi connectivity index (χ0n) is 51.5. The number of unbranched alkanes of at least 4 members (excludes halogenated alkanes) is 33. The molecule has 1 aliphatic rings. The minimum absolute atomic E-state index is 0.0889. The number of aromatic hydroxyl groups is 8. The molecule has 1 aliphatic carbocycles. The van der Waals surface area contributed by atoms with Gasteiger partial charge >= 0.3 is 0 Å². The molecule has 0 saturated carbocycles. The van der Waals surface area contributed by atoms with E-state index in [-0.39, 0.29) is 46.0 Å². The van der Waals surface area contributed by atoms with Crippen LogP contribution in [0.4, 0.5) is 0 Å². The van der Waals surface area contributed by atoms with Crippen molar-refractivity contribution in [1.29, 1.82) is 0 Å². The average molecular weight is 1120 g/mol. The molecule has 0 aromatic heterocycles. The van der Waals surface area contributed by atoms with Crippen LogP contribution in [0.25, 0.3) is 0 Å². The third kappa shape index (κ3) is 21.8. The maximum atomic E-state index is 12.2. The summed E-state index contributed by atoms with van der Waals surface area (Å²) in [6.07, 6.45) is 44.4. The summed E-state index contributed by atoms with van der Waals surface area (Å²) in [6.45, 7) is 8.96. The molecule has 5 rings (SSSR count). The first-order valence-corrected chi connectivity index (χ1v) is 33.7. The Labute approximate surface area is 492 Å². The minimum atomic E-state index is -0.541. The second-order valence-corrected chi connectivity index (χ2v) is 24.9. The molecule has 0 heterocycles. The summed E-state index contributed by atoms with van der Waals surface area (Å²) >= 11 is 0. The van der Waals surface area contributed by atoms with E-state index in [1.807, 2.05) is 24.3 Å². The summed E-state index contributed by atoms with van der Waals surface area (Å²) in [5.74, 6) is -2.88. The highest BCUT2D eigenvalue weighted by molar-refractivity contribution is 5.62. The van der Waals surface area contributed by atoms with Gasteiger partial charge in [-0.1, -0.05) is 265 Å². The van der Waals surface area contributed by atoms with Crippen LogP contribution in [-0.4, -0.2) is 40.9 Å². The normalized spacial score (nSPS) is 16.1. The number of rotatable bonds is 41. The quantitative estimate of drug-likeness (QED) is 0.0204. The van der Waals surface area contributed by atoms with Crippen LogP contribution in [-0.2, 0) is 0 Å². The van der Waals surface area contributed by atoms with Crippen LogP contribution < -0.4 is 0 Å². The van der Waals surface area contributed by atoms with Gasteiger partial charge in [-0.25, -0.2) is 0 Å². The summed E-state index contributed by atoms with van der Waals surface area (Å²) in [6, 6.07) is 13.3. The third-order valence-corrected chi connectivity index (χ3v) is 18.3. The third-order valence-electron chi connectivity index (χ3n) is 18.3. The topological polar surface area (TPSA) is 162 Å². The zero-order valence-corrected chi connectivity index (χ0v) is 51.5. The number of benzene rings is 4. The molecule has 81 heavy (non-hydrogen) atoms. The van der Waals surface area contributed by atoms with Gasteiger partial charge in [-0.3, -0.25) is 0 Å². The number of phenols is 8. The molecule has 0 aliphatic heterocycles. The smallest absolute Gasteiger partial charge is 0.123 e. The van der Waals surface area contributed by atoms with E-state index in [0.29, 0.717) is 70.2 Å². The van der Waals surface area contributed by atoms with Gasteiger partial charge in [-0.15, -0.1) is 0 Å². The van der Waals surface area contributed by atoms with Crippen LogP contribution in [0, 0.1) is 0 Å². The molecule has 0 radical (unpaired) electrons. The van der Waals surface area contributed by atoms with Gasteiger partial charge in [0.05, 0.1) is 0 Å². The van der Waals surface area contributed by atoms with Crippen LogP contribution in [0.1, 0.15) is 359 Å². The van der Waals surface area contributed by atoms with Gasteiger partial charge in [-0.05, 0) is 49.9 Å². The van der Waals surface area contributed by atoms with Gasteiger partial charge in [0.25, 0.3) is 0 Å². The van der Waals surface area contributed by atoms with Crippen molar-refractivity contribution in [3.63, 3.8) is 0 Å². The highest BCUT2D eigenvalue weighted by Gasteiger charge is 2.33. The van der Waals surface area contributed by atoms with Crippen molar-refractivity contribution in [2.45, 2.75) is 315 Å². The highest BCUT2D eigenvalue weighted by Crippen LogP contribution is 2.53. The highest BCUT2D eigenvalue weighted by atomic mass is 16.3. The molecule has 2 unspecified atom stereocenters. The van der Waals surface area contributed by atoms with Gasteiger partial charge < -0.3 is 40.9 Å². The molecule has 8 heteroatoms. The molecule has 8 nitrogen and oxygen atoms in total. The molecular weight excluding hydrogens is 1000 g/mol. The van der Waals surface area contributed by atoms with Crippen molar-refractivity contribution in [3.8, 4) is 46.0 Å². The van der Waals surface area contributed by atoms with E-state index < -0.39 is 23.7 Å². The van der Waals surface area contributed by atoms with Crippen molar-refractivity contribution in [1.82, 2.24) is 0 Å². The van der Waals surface area contributed by atoms with Crippen LogP contribution in [0.3, 0.4) is 0 Å². The Balaban J connectivity index is 1.67. The van der Waals surface area contributed by atoms with Crippen LogP contribution in [0.15, 0.2) is 48.5 Å². The Morgan fingerprint density at radius 2 is 0.309 bits per heavy atom.